The topological polar surface area (TPSA) is 0 Å². The van der Waals surface area contributed by atoms with Crippen LogP contribution in [-0.2, 0) is 0 Å². The summed E-state index contributed by atoms with van der Waals surface area (Å²) in [7, 11) is 0. The van der Waals surface area contributed by atoms with Crippen molar-refractivity contribution in [3.05, 3.63) is 107 Å². The van der Waals surface area contributed by atoms with Crippen molar-refractivity contribution in [2.45, 2.75) is 5.92 Å². The second kappa shape index (κ2) is 6.89. The van der Waals surface area contributed by atoms with Crippen molar-refractivity contribution >= 4 is 0 Å². The lowest BCUT2D eigenvalue weighted by atomic mass is 9.91. The molecule has 0 aliphatic carbocycles. The van der Waals surface area contributed by atoms with Gasteiger partial charge in [0.2, 0.25) is 0 Å². The average molecular weight is 304 g/mol. The van der Waals surface area contributed by atoms with Gasteiger partial charge in [-0.1, -0.05) is 54.3 Å². The van der Waals surface area contributed by atoms with Gasteiger partial charge in [0.15, 0.2) is 0 Å². The molecule has 0 atom stereocenters. The van der Waals surface area contributed by atoms with Crippen LogP contribution >= 0.6 is 0 Å². The van der Waals surface area contributed by atoms with E-state index in [1.165, 1.54) is 24.3 Å². The molecule has 0 saturated heterocycles. The van der Waals surface area contributed by atoms with Crippen molar-refractivity contribution in [2.75, 3.05) is 0 Å². The molecule has 112 valence electrons. The van der Waals surface area contributed by atoms with Crippen LogP contribution in [0.25, 0.3) is 0 Å². The Labute approximate surface area is 134 Å². The summed E-state index contributed by atoms with van der Waals surface area (Å²) in [5.74, 6) is 5.53. The first-order valence-electron chi connectivity index (χ1n) is 7.30. The number of hydrogen-bond acceptors (Lipinski definition) is 0. The van der Waals surface area contributed by atoms with Crippen LogP contribution in [0.5, 0.6) is 0 Å². The van der Waals surface area contributed by atoms with Crippen LogP contribution in [0.1, 0.15) is 22.6 Å². The Hall–Kier alpha value is -2.92. The Kier molecular flexibility index (Phi) is 4.49. The first-order valence-corrected chi connectivity index (χ1v) is 7.30. The monoisotopic (exact) mass is 304 g/mol. The zero-order chi connectivity index (χ0) is 16.1. The molecule has 3 rings (SSSR count). The molecule has 2 heteroatoms. The summed E-state index contributed by atoms with van der Waals surface area (Å²) < 4.78 is 26.3. The Balaban J connectivity index is 2.01. The van der Waals surface area contributed by atoms with Gasteiger partial charge < -0.3 is 0 Å². The zero-order valence-corrected chi connectivity index (χ0v) is 12.3. The van der Waals surface area contributed by atoms with Gasteiger partial charge in [-0.2, -0.15) is 0 Å². The van der Waals surface area contributed by atoms with Crippen molar-refractivity contribution in [1.82, 2.24) is 0 Å². The van der Waals surface area contributed by atoms with Crippen molar-refractivity contribution in [2.24, 2.45) is 0 Å². The maximum Gasteiger partial charge on any atom is 0.123 e. The van der Waals surface area contributed by atoms with Crippen LogP contribution in [0.2, 0.25) is 0 Å². The van der Waals surface area contributed by atoms with Gasteiger partial charge in [0.1, 0.15) is 11.6 Å². The summed E-state index contributed by atoms with van der Waals surface area (Å²) >= 11 is 0. The lowest BCUT2D eigenvalue weighted by Gasteiger charge is -2.12. The van der Waals surface area contributed by atoms with E-state index in [9.17, 15) is 8.78 Å². The summed E-state index contributed by atoms with van der Waals surface area (Å²) in [6.07, 6.45) is 0. The molecule has 3 aromatic rings. The van der Waals surface area contributed by atoms with Crippen LogP contribution in [-0.4, -0.2) is 0 Å². The van der Waals surface area contributed by atoms with Gasteiger partial charge in [0, 0.05) is 5.56 Å². The number of rotatable bonds is 2. The SMILES string of the molecule is Fc1ccc(C(C#Cc2ccccc2)c2ccc(F)cc2)cc1. The van der Waals surface area contributed by atoms with Gasteiger partial charge in [-0.15, -0.1) is 0 Å². The minimum absolute atomic E-state index is 0.239. The largest absolute Gasteiger partial charge is 0.207 e. The van der Waals surface area contributed by atoms with Gasteiger partial charge in [-0.25, -0.2) is 8.78 Å². The molecule has 0 aliphatic rings. The lowest BCUT2D eigenvalue weighted by molar-refractivity contribution is 0.626. The molecule has 0 spiro atoms. The maximum absolute atomic E-state index is 13.2. The third kappa shape index (κ3) is 3.84. The van der Waals surface area contributed by atoms with Crippen LogP contribution in [0.4, 0.5) is 8.78 Å². The Morgan fingerprint density at radius 1 is 0.609 bits per heavy atom. The van der Waals surface area contributed by atoms with Crippen LogP contribution in [0.3, 0.4) is 0 Å². The Bertz CT molecular complexity index is 778. The minimum Gasteiger partial charge on any atom is -0.207 e. The Morgan fingerprint density at radius 3 is 1.57 bits per heavy atom. The first kappa shape index (κ1) is 15.0. The summed E-state index contributed by atoms with van der Waals surface area (Å²) in [6.45, 7) is 0. The third-order valence-electron chi connectivity index (χ3n) is 3.54. The molecule has 3 aromatic carbocycles. The molecule has 0 radical (unpaired) electrons. The highest BCUT2D eigenvalue weighted by Crippen LogP contribution is 2.24. The van der Waals surface area contributed by atoms with Crippen molar-refractivity contribution < 1.29 is 8.78 Å². The smallest absolute Gasteiger partial charge is 0.123 e. The second-order valence-corrected chi connectivity index (χ2v) is 5.17. The molecule has 0 bridgehead atoms. The van der Waals surface area contributed by atoms with E-state index in [0.717, 1.165) is 16.7 Å². The van der Waals surface area contributed by atoms with Gasteiger partial charge in [-0.3, -0.25) is 0 Å². The van der Waals surface area contributed by atoms with E-state index in [2.05, 4.69) is 11.8 Å². The lowest BCUT2D eigenvalue weighted by Crippen LogP contribution is -1.99. The molecule has 0 unspecified atom stereocenters. The fourth-order valence-electron chi connectivity index (χ4n) is 2.35. The van der Waals surface area contributed by atoms with Crippen molar-refractivity contribution in [3.8, 4) is 11.8 Å². The minimum atomic E-state index is -0.289. The molecule has 0 saturated carbocycles. The second-order valence-electron chi connectivity index (χ2n) is 5.17. The van der Waals surface area contributed by atoms with Crippen LogP contribution in [0, 0.1) is 23.5 Å². The molecule has 0 aliphatic heterocycles. The normalized spacial score (nSPS) is 10.2. The Morgan fingerprint density at radius 2 is 1.09 bits per heavy atom. The third-order valence-corrected chi connectivity index (χ3v) is 3.54. The molecule has 0 nitrogen and oxygen atoms in total. The zero-order valence-electron chi connectivity index (χ0n) is 12.3. The molecular weight excluding hydrogens is 290 g/mol. The maximum atomic E-state index is 13.2. The van der Waals surface area contributed by atoms with E-state index in [4.69, 9.17) is 0 Å². The van der Waals surface area contributed by atoms with E-state index in [1.807, 2.05) is 30.3 Å². The first-order chi connectivity index (χ1) is 11.2. The predicted octanol–water partition coefficient (Wildman–Crippen LogP) is 5.15. The highest BCUT2D eigenvalue weighted by Gasteiger charge is 2.11. The summed E-state index contributed by atoms with van der Waals surface area (Å²) in [4.78, 5) is 0. The van der Waals surface area contributed by atoms with Crippen molar-refractivity contribution in [1.29, 1.82) is 0 Å². The molecule has 0 N–H and O–H groups in total. The number of benzene rings is 3. The van der Waals surface area contributed by atoms with Gasteiger partial charge >= 0.3 is 0 Å². The van der Waals surface area contributed by atoms with E-state index in [-0.39, 0.29) is 17.6 Å². The fourth-order valence-corrected chi connectivity index (χ4v) is 2.35. The molecule has 0 aromatic heterocycles. The van der Waals surface area contributed by atoms with Gasteiger partial charge in [0.05, 0.1) is 5.92 Å². The average Bonchev–Trinajstić information content (AvgIpc) is 2.59. The van der Waals surface area contributed by atoms with E-state index < -0.39 is 0 Å². The van der Waals surface area contributed by atoms with Crippen LogP contribution in [0.15, 0.2) is 78.9 Å². The summed E-state index contributed by atoms with van der Waals surface area (Å²) in [6, 6.07) is 22.1. The fraction of sp³-hybridized carbons (Fsp3) is 0.0476. The van der Waals surface area contributed by atoms with Gasteiger partial charge in [0.25, 0.3) is 0 Å². The van der Waals surface area contributed by atoms with E-state index in [0.29, 0.717) is 0 Å². The van der Waals surface area contributed by atoms with E-state index >= 15 is 0 Å². The highest BCUT2D eigenvalue weighted by atomic mass is 19.1. The molecule has 0 fully saturated rings. The van der Waals surface area contributed by atoms with Gasteiger partial charge in [-0.05, 0) is 47.5 Å². The molecule has 0 amide bonds. The standard InChI is InChI=1S/C21H14F2/c22-19-11-7-17(8-12-19)21(18-9-13-20(23)14-10-18)15-6-16-4-2-1-3-5-16/h1-5,7-14,21H. The van der Waals surface area contributed by atoms with Crippen LogP contribution < -0.4 is 0 Å². The molecule has 0 heterocycles. The quantitative estimate of drug-likeness (QED) is 0.574. The van der Waals surface area contributed by atoms with E-state index in [1.54, 1.807) is 24.3 Å². The molecule has 23 heavy (non-hydrogen) atoms. The summed E-state index contributed by atoms with van der Waals surface area (Å²) in [5.41, 5.74) is 2.66. The summed E-state index contributed by atoms with van der Waals surface area (Å²) in [5, 5.41) is 0. The van der Waals surface area contributed by atoms with Crippen molar-refractivity contribution in [3.63, 3.8) is 0 Å². The number of halogens is 2. The predicted molar refractivity (Wildman–Crippen MR) is 88.0 cm³/mol. The number of hydrogen-bond donors (Lipinski definition) is 0. The highest BCUT2D eigenvalue weighted by molar-refractivity contribution is 5.44. The molecular formula is C21H14F2.